The number of H-pyrrole nitrogens is 1. The monoisotopic (exact) mass is 257 g/mol. The summed E-state index contributed by atoms with van der Waals surface area (Å²) >= 11 is 0. The summed E-state index contributed by atoms with van der Waals surface area (Å²) in [5.41, 5.74) is 3.93. The molecule has 19 heavy (non-hydrogen) atoms. The van der Waals surface area contributed by atoms with Gasteiger partial charge in [-0.1, -0.05) is 6.92 Å². The molecule has 0 aliphatic heterocycles. The Kier molecular flexibility index (Phi) is 3.47. The molecule has 3 heteroatoms. The lowest BCUT2D eigenvalue weighted by Gasteiger charge is -2.12. The predicted octanol–water partition coefficient (Wildman–Crippen LogP) is 3.46. The number of nitrogens with one attached hydrogen (secondary N) is 3. The quantitative estimate of drug-likeness (QED) is 0.785. The molecule has 3 nitrogen and oxygen atoms in total. The zero-order chi connectivity index (χ0) is 13.2. The number of rotatable bonds is 4. The maximum Gasteiger partial charge on any atom is 0.0458 e. The lowest BCUT2D eigenvalue weighted by molar-refractivity contribution is 0.535. The second-order valence-electron chi connectivity index (χ2n) is 5.52. The molecule has 1 aliphatic rings. The minimum Gasteiger partial charge on any atom is -0.388 e. The average molecular weight is 257 g/mol. The van der Waals surface area contributed by atoms with E-state index < -0.39 is 0 Å². The van der Waals surface area contributed by atoms with Gasteiger partial charge >= 0.3 is 0 Å². The standard InChI is InChI=1S/C16H23N3/c1-3-18-13-5-4-11(8-13)15-10-19-16-7-6-12(17-2)9-14(15)16/h6-7,9-11,13,17-19H,3-5,8H2,1-2H3. The molecule has 1 aromatic heterocycles. The molecule has 1 aromatic carbocycles. The first-order valence-corrected chi connectivity index (χ1v) is 7.34. The number of hydrogen-bond donors (Lipinski definition) is 3. The molecule has 0 saturated heterocycles. The smallest absolute Gasteiger partial charge is 0.0458 e. The van der Waals surface area contributed by atoms with E-state index in [9.17, 15) is 0 Å². The van der Waals surface area contributed by atoms with Crippen molar-refractivity contribution >= 4 is 16.6 Å². The van der Waals surface area contributed by atoms with E-state index in [1.54, 1.807) is 0 Å². The Morgan fingerprint density at radius 2 is 2.21 bits per heavy atom. The van der Waals surface area contributed by atoms with Crippen LogP contribution in [0, 0.1) is 0 Å². The first-order chi connectivity index (χ1) is 9.31. The van der Waals surface area contributed by atoms with Crippen molar-refractivity contribution in [2.24, 2.45) is 0 Å². The third-order valence-electron chi connectivity index (χ3n) is 4.37. The van der Waals surface area contributed by atoms with Crippen molar-refractivity contribution in [3.63, 3.8) is 0 Å². The summed E-state index contributed by atoms with van der Waals surface area (Å²) in [4.78, 5) is 3.42. The van der Waals surface area contributed by atoms with E-state index in [1.807, 2.05) is 7.05 Å². The molecule has 0 bridgehead atoms. The summed E-state index contributed by atoms with van der Waals surface area (Å²) in [7, 11) is 1.98. The van der Waals surface area contributed by atoms with E-state index in [0.717, 1.165) is 6.54 Å². The van der Waals surface area contributed by atoms with Gasteiger partial charge < -0.3 is 15.6 Å². The van der Waals surface area contributed by atoms with Gasteiger partial charge in [0.05, 0.1) is 0 Å². The molecule has 102 valence electrons. The maximum atomic E-state index is 3.58. The first-order valence-electron chi connectivity index (χ1n) is 7.34. The summed E-state index contributed by atoms with van der Waals surface area (Å²) in [6.07, 6.45) is 6.08. The molecule has 0 amide bonds. The van der Waals surface area contributed by atoms with Crippen LogP contribution in [0.4, 0.5) is 5.69 Å². The highest BCUT2D eigenvalue weighted by Gasteiger charge is 2.26. The fourth-order valence-electron chi connectivity index (χ4n) is 3.37. The van der Waals surface area contributed by atoms with E-state index >= 15 is 0 Å². The van der Waals surface area contributed by atoms with Gasteiger partial charge in [0.25, 0.3) is 0 Å². The summed E-state index contributed by atoms with van der Waals surface area (Å²) < 4.78 is 0. The minimum atomic E-state index is 0.699. The second-order valence-corrected chi connectivity index (χ2v) is 5.52. The number of hydrogen-bond acceptors (Lipinski definition) is 2. The third-order valence-corrected chi connectivity index (χ3v) is 4.37. The molecule has 3 N–H and O–H groups in total. The largest absolute Gasteiger partial charge is 0.388 e. The molecule has 1 saturated carbocycles. The summed E-state index contributed by atoms with van der Waals surface area (Å²) in [6, 6.07) is 7.26. The van der Waals surface area contributed by atoms with Crippen molar-refractivity contribution in [3.05, 3.63) is 30.0 Å². The summed E-state index contributed by atoms with van der Waals surface area (Å²) in [5.74, 6) is 0.699. The Morgan fingerprint density at radius 3 is 3.00 bits per heavy atom. The van der Waals surface area contributed by atoms with Gasteiger partial charge in [-0.25, -0.2) is 0 Å². The Hall–Kier alpha value is -1.48. The highest BCUT2D eigenvalue weighted by Crippen LogP contribution is 2.38. The van der Waals surface area contributed by atoms with E-state index in [-0.39, 0.29) is 0 Å². The number of aromatic amines is 1. The van der Waals surface area contributed by atoms with Crippen LogP contribution in [-0.4, -0.2) is 24.6 Å². The molecule has 2 aromatic rings. The van der Waals surface area contributed by atoms with E-state index in [1.165, 1.54) is 41.4 Å². The van der Waals surface area contributed by atoms with Crippen LogP contribution >= 0.6 is 0 Å². The van der Waals surface area contributed by atoms with Crippen molar-refractivity contribution in [1.82, 2.24) is 10.3 Å². The van der Waals surface area contributed by atoms with Crippen molar-refractivity contribution in [1.29, 1.82) is 0 Å². The Labute approximate surface area is 114 Å². The van der Waals surface area contributed by atoms with Gasteiger partial charge in [0.15, 0.2) is 0 Å². The van der Waals surface area contributed by atoms with Crippen LogP contribution in [0.5, 0.6) is 0 Å². The van der Waals surface area contributed by atoms with Crippen LogP contribution in [0.15, 0.2) is 24.4 Å². The molecule has 1 heterocycles. The fourth-order valence-corrected chi connectivity index (χ4v) is 3.37. The van der Waals surface area contributed by atoms with Crippen LogP contribution in [-0.2, 0) is 0 Å². The average Bonchev–Trinajstić information content (AvgIpc) is 3.04. The van der Waals surface area contributed by atoms with Crippen molar-refractivity contribution in [3.8, 4) is 0 Å². The van der Waals surface area contributed by atoms with Crippen molar-refractivity contribution in [2.45, 2.75) is 38.1 Å². The fraction of sp³-hybridized carbons (Fsp3) is 0.500. The van der Waals surface area contributed by atoms with Crippen LogP contribution < -0.4 is 10.6 Å². The topological polar surface area (TPSA) is 39.9 Å². The summed E-state index contributed by atoms with van der Waals surface area (Å²) in [5, 5.41) is 8.20. The zero-order valence-corrected chi connectivity index (χ0v) is 11.8. The van der Waals surface area contributed by atoms with Gasteiger partial charge in [-0.15, -0.1) is 0 Å². The first kappa shape index (κ1) is 12.5. The molecule has 3 rings (SSSR count). The molecule has 2 unspecified atom stereocenters. The molecule has 1 aliphatic carbocycles. The molecule has 0 radical (unpaired) electrons. The molecule has 1 fully saturated rings. The minimum absolute atomic E-state index is 0.699. The maximum absolute atomic E-state index is 3.58. The Morgan fingerprint density at radius 1 is 1.32 bits per heavy atom. The van der Waals surface area contributed by atoms with E-state index in [4.69, 9.17) is 0 Å². The van der Waals surface area contributed by atoms with Crippen LogP contribution in [0.25, 0.3) is 10.9 Å². The Balaban J connectivity index is 1.88. The molecule has 0 spiro atoms. The van der Waals surface area contributed by atoms with Crippen molar-refractivity contribution < 1.29 is 0 Å². The number of benzene rings is 1. The number of aromatic nitrogens is 1. The van der Waals surface area contributed by atoms with Gasteiger partial charge in [-0.2, -0.15) is 0 Å². The van der Waals surface area contributed by atoms with Gasteiger partial charge in [0.2, 0.25) is 0 Å². The Bertz CT molecular complexity index is 558. The molecular weight excluding hydrogens is 234 g/mol. The van der Waals surface area contributed by atoms with Crippen molar-refractivity contribution in [2.75, 3.05) is 18.9 Å². The van der Waals surface area contributed by atoms with Crippen LogP contribution in [0.3, 0.4) is 0 Å². The predicted molar refractivity (Wildman–Crippen MR) is 81.9 cm³/mol. The van der Waals surface area contributed by atoms with Gasteiger partial charge in [-0.3, -0.25) is 0 Å². The molecular formula is C16H23N3. The highest BCUT2D eigenvalue weighted by atomic mass is 14.9. The zero-order valence-electron chi connectivity index (χ0n) is 11.8. The normalized spacial score (nSPS) is 23.1. The lowest BCUT2D eigenvalue weighted by atomic mass is 9.96. The molecule has 2 atom stereocenters. The van der Waals surface area contributed by atoms with Gasteiger partial charge in [0.1, 0.15) is 0 Å². The number of fused-ring (bicyclic) bond motifs is 1. The van der Waals surface area contributed by atoms with Crippen LogP contribution in [0.2, 0.25) is 0 Å². The van der Waals surface area contributed by atoms with Gasteiger partial charge in [-0.05, 0) is 55.5 Å². The SMILES string of the molecule is CCNC1CCC(c2c[nH]c3ccc(NC)cc23)C1. The van der Waals surface area contributed by atoms with Crippen LogP contribution in [0.1, 0.15) is 37.7 Å². The lowest BCUT2D eigenvalue weighted by Crippen LogP contribution is -2.25. The summed E-state index contributed by atoms with van der Waals surface area (Å²) in [6.45, 7) is 3.27. The van der Waals surface area contributed by atoms with E-state index in [0.29, 0.717) is 12.0 Å². The highest BCUT2D eigenvalue weighted by molar-refractivity contribution is 5.87. The third kappa shape index (κ3) is 2.35. The number of anilines is 1. The van der Waals surface area contributed by atoms with Gasteiger partial charge in [0, 0.05) is 35.9 Å². The second kappa shape index (κ2) is 5.25. The van der Waals surface area contributed by atoms with E-state index in [2.05, 4.69) is 46.9 Å².